The van der Waals surface area contributed by atoms with E-state index in [-0.39, 0.29) is 6.04 Å². The first-order valence-electron chi connectivity index (χ1n) is 5.20. The number of hydrogen-bond acceptors (Lipinski definition) is 4. The van der Waals surface area contributed by atoms with Gasteiger partial charge in [0.1, 0.15) is 0 Å². The number of rotatable bonds is 8. The van der Waals surface area contributed by atoms with Crippen LogP contribution in [0.5, 0.6) is 0 Å². The summed E-state index contributed by atoms with van der Waals surface area (Å²) in [5.41, 5.74) is -0.719. The zero-order valence-corrected chi connectivity index (χ0v) is 9.76. The van der Waals surface area contributed by atoms with Crippen molar-refractivity contribution in [3.05, 3.63) is 0 Å². The van der Waals surface area contributed by atoms with Gasteiger partial charge in [-0.25, -0.2) is 0 Å². The molecule has 4 heteroatoms. The molecule has 0 aliphatic heterocycles. The molecule has 0 aliphatic carbocycles. The van der Waals surface area contributed by atoms with Crippen LogP contribution in [0.3, 0.4) is 0 Å². The van der Waals surface area contributed by atoms with Crippen LogP contribution in [0.2, 0.25) is 0 Å². The van der Waals surface area contributed by atoms with Crippen molar-refractivity contribution in [2.45, 2.75) is 32.4 Å². The molecular weight excluding hydrogens is 180 g/mol. The summed E-state index contributed by atoms with van der Waals surface area (Å²) in [4.78, 5) is 0. The summed E-state index contributed by atoms with van der Waals surface area (Å²) in [5.74, 6) is 0. The van der Waals surface area contributed by atoms with Crippen molar-refractivity contribution in [2.75, 3.05) is 33.4 Å². The van der Waals surface area contributed by atoms with Gasteiger partial charge in [0.15, 0.2) is 0 Å². The molecule has 0 heterocycles. The van der Waals surface area contributed by atoms with Crippen LogP contribution < -0.4 is 10.6 Å². The minimum absolute atomic E-state index is 0.0857. The molecule has 0 saturated carbocycles. The van der Waals surface area contributed by atoms with Gasteiger partial charge in [-0.1, -0.05) is 6.92 Å². The van der Waals surface area contributed by atoms with E-state index in [0.29, 0.717) is 13.2 Å². The van der Waals surface area contributed by atoms with Crippen LogP contribution in [0, 0.1) is 0 Å². The summed E-state index contributed by atoms with van der Waals surface area (Å²) in [6.07, 6.45) is 0. The third-order valence-corrected chi connectivity index (χ3v) is 2.41. The molecule has 14 heavy (non-hydrogen) atoms. The maximum atomic E-state index is 10.0. The molecule has 4 nitrogen and oxygen atoms in total. The van der Waals surface area contributed by atoms with E-state index in [4.69, 9.17) is 4.74 Å². The first kappa shape index (κ1) is 13.8. The first-order valence-corrected chi connectivity index (χ1v) is 5.20. The summed E-state index contributed by atoms with van der Waals surface area (Å²) in [6.45, 7) is 8.74. The summed E-state index contributed by atoms with van der Waals surface area (Å²) >= 11 is 0. The highest BCUT2D eigenvalue weighted by Gasteiger charge is 2.26. The van der Waals surface area contributed by atoms with E-state index in [2.05, 4.69) is 10.6 Å². The SMILES string of the molecule is CCNC(C)C(C)(O)CNCCOC. The van der Waals surface area contributed by atoms with Crippen molar-refractivity contribution in [2.24, 2.45) is 0 Å². The minimum Gasteiger partial charge on any atom is -0.387 e. The fourth-order valence-corrected chi connectivity index (χ4v) is 1.19. The lowest BCUT2D eigenvalue weighted by Crippen LogP contribution is -2.53. The highest BCUT2D eigenvalue weighted by Crippen LogP contribution is 2.07. The van der Waals surface area contributed by atoms with Gasteiger partial charge in [-0.2, -0.15) is 0 Å². The lowest BCUT2D eigenvalue weighted by atomic mass is 9.98. The quantitative estimate of drug-likeness (QED) is 0.486. The number of methoxy groups -OCH3 is 1. The van der Waals surface area contributed by atoms with Crippen LogP contribution in [-0.2, 0) is 4.74 Å². The smallest absolute Gasteiger partial charge is 0.0892 e. The molecule has 0 aromatic rings. The molecule has 0 radical (unpaired) electrons. The van der Waals surface area contributed by atoms with Crippen molar-refractivity contribution >= 4 is 0 Å². The minimum atomic E-state index is -0.719. The molecule has 3 N–H and O–H groups in total. The number of ether oxygens (including phenoxy) is 1. The molecular formula is C10H24N2O2. The summed E-state index contributed by atoms with van der Waals surface area (Å²) < 4.78 is 4.90. The van der Waals surface area contributed by atoms with E-state index in [0.717, 1.165) is 13.1 Å². The third kappa shape index (κ3) is 5.54. The van der Waals surface area contributed by atoms with Crippen molar-refractivity contribution < 1.29 is 9.84 Å². The highest BCUT2D eigenvalue weighted by molar-refractivity contribution is 4.86. The van der Waals surface area contributed by atoms with E-state index >= 15 is 0 Å². The van der Waals surface area contributed by atoms with Gasteiger partial charge in [0.2, 0.25) is 0 Å². The zero-order chi connectivity index (χ0) is 11.0. The molecule has 0 fully saturated rings. The lowest BCUT2D eigenvalue weighted by molar-refractivity contribution is 0.0253. The molecule has 2 atom stereocenters. The Balaban J connectivity index is 3.69. The van der Waals surface area contributed by atoms with Crippen LogP contribution in [0.15, 0.2) is 0 Å². The second-order valence-electron chi connectivity index (χ2n) is 3.81. The van der Waals surface area contributed by atoms with Gasteiger partial charge in [-0.05, 0) is 20.4 Å². The number of hydrogen-bond donors (Lipinski definition) is 3. The van der Waals surface area contributed by atoms with Crippen LogP contribution in [0.25, 0.3) is 0 Å². The Kier molecular flexibility index (Phi) is 7.09. The predicted octanol–water partition coefficient (Wildman–Crippen LogP) is -0.0286. The average Bonchev–Trinajstić information content (AvgIpc) is 2.13. The molecule has 0 bridgehead atoms. The maximum absolute atomic E-state index is 10.0. The zero-order valence-electron chi connectivity index (χ0n) is 9.76. The Hall–Kier alpha value is -0.160. The average molecular weight is 204 g/mol. The van der Waals surface area contributed by atoms with E-state index in [1.165, 1.54) is 0 Å². The highest BCUT2D eigenvalue weighted by atomic mass is 16.5. The summed E-state index contributed by atoms with van der Waals surface area (Å²) in [5, 5.41) is 16.4. The Bertz CT molecular complexity index is 140. The number of likely N-dealkylation sites (N-methyl/N-ethyl adjacent to an activating group) is 1. The van der Waals surface area contributed by atoms with E-state index in [9.17, 15) is 5.11 Å². The van der Waals surface area contributed by atoms with Crippen LogP contribution in [0.1, 0.15) is 20.8 Å². The second kappa shape index (κ2) is 7.17. The van der Waals surface area contributed by atoms with Gasteiger partial charge in [0.05, 0.1) is 12.2 Å². The number of nitrogens with one attached hydrogen (secondary N) is 2. The van der Waals surface area contributed by atoms with Gasteiger partial charge in [0, 0.05) is 26.2 Å². The largest absolute Gasteiger partial charge is 0.387 e. The number of aliphatic hydroxyl groups is 1. The topological polar surface area (TPSA) is 53.5 Å². The Morgan fingerprint density at radius 2 is 2.14 bits per heavy atom. The van der Waals surface area contributed by atoms with Crippen LogP contribution in [0.4, 0.5) is 0 Å². The van der Waals surface area contributed by atoms with Gasteiger partial charge in [-0.3, -0.25) is 0 Å². The van der Waals surface area contributed by atoms with E-state index < -0.39 is 5.60 Å². The summed E-state index contributed by atoms with van der Waals surface area (Å²) in [7, 11) is 1.67. The normalized spacial score (nSPS) is 17.8. The van der Waals surface area contributed by atoms with Crippen molar-refractivity contribution in [1.82, 2.24) is 10.6 Å². The fraction of sp³-hybridized carbons (Fsp3) is 1.00. The molecule has 0 rings (SSSR count). The molecule has 86 valence electrons. The van der Waals surface area contributed by atoms with Crippen LogP contribution >= 0.6 is 0 Å². The Labute approximate surface area is 87.0 Å². The standard InChI is InChI=1S/C10H24N2O2/c1-5-12-9(2)10(3,13)8-11-6-7-14-4/h9,11-13H,5-8H2,1-4H3. The Morgan fingerprint density at radius 1 is 1.50 bits per heavy atom. The third-order valence-electron chi connectivity index (χ3n) is 2.41. The van der Waals surface area contributed by atoms with E-state index in [1.807, 2.05) is 20.8 Å². The monoisotopic (exact) mass is 204 g/mol. The van der Waals surface area contributed by atoms with Gasteiger partial charge in [-0.15, -0.1) is 0 Å². The molecule has 0 aromatic heterocycles. The fourth-order valence-electron chi connectivity index (χ4n) is 1.19. The molecule has 0 spiro atoms. The molecule has 2 unspecified atom stereocenters. The van der Waals surface area contributed by atoms with E-state index in [1.54, 1.807) is 7.11 Å². The van der Waals surface area contributed by atoms with Crippen molar-refractivity contribution in [1.29, 1.82) is 0 Å². The first-order chi connectivity index (χ1) is 6.54. The van der Waals surface area contributed by atoms with Gasteiger partial charge >= 0.3 is 0 Å². The van der Waals surface area contributed by atoms with Crippen molar-refractivity contribution in [3.8, 4) is 0 Å². The van der Waals surface area contributed by atoms with Gasteiger partial charge < -0.3 is 20.5 Å². The van der Waals surface area contributed by atoms with Crippen LogP contribution in [-0.4, -0.2) is 50.1 Å². The lowest BCUT2D eigenvalue weighted by Gasteiger charge is -2.31. The molecule has 0 aliphatic rings. The Morgan fingerprint density at radius 3 is 2.64 bits per heavy atom. The predicted molar refractivity (Wildman–Crippen MR) is 58.5 cm³/mol. The molecule has 0 amide bonds. The molecule has 0 saturated heterocycles. The van der Waals surface area contributed by atoms with Crippen molar-refractivity contribution in [3.63, 3.8) is 0 Å². The second-order valence-corrected chi connectivity index (χ2v) is 3.81. The summed E-state index contributed by atoms with van der Waals surface area (Å²) in [6, 6.07) is 0.0857. The molecule has 0 aromatic carbocycles. The van der Waals surface area contributed by atoms with Gasteiger partial charge in [0.25, 0.3) is 0 Å². The maximum Gasteiger partial charge on any atom is 0.0892 e.